The first-order chi connectivity index (χ1) is 8.83. The first kappa shape index (κ1) is 13.7. The molecule has 1 fully saturated rings. The quantitative estimate of drug-likeness (QED) is 0.870. The zero-order chi connectivity index (χ0) is 14.2. The Balaban J connectivity index is 2.22. The van der Waals surface area contributed by atoms with E-state index in [0.29, 0.717) is 18.0 Å². The molecule has 1 heterocycles. The van der Waals surface area contributed by atoms with E-state index in [0.717, 1.165) is 0 Å². The van der Waals surface area contributed by atoms with Crippen LogP contribution in [0.3, 0.4) is 0 Å². The molecule has 0 saturated carbocycles. The zero-order valence-electron chi connectivity index (χ0n) is 10.4. The van der Waals surface area contributed by atoms with E-state index in [2.05, 4.69) is 0 Å². The zero-order valence-corrected chi connectivity index (χ0v) is 11.1. The van der Waals surface area contributed by atoms with Crippen molar-refractivity contribution in [3.63, 3.8) is 0 Å². The lowest BCUT2D eigenvalue weighted by Crippen LogP contribution is -2.34. The second-order valence-electron chi connectivity index (χ2n) is 5.00. The monoisotopic (exact) mass is 283 g/mol. The number of nitrogens with zero attached hydrogens (tertiary/aromatic N) is 1. The summed E-state index contributed by atoms with van der Waals surface area (Å²) in [5.74, 6) is -1.47. The molecule has 0 bridgehead atoms. The summed E-state index contributed by atoms with van der Waals surface area (Å²) < 4.78 is 0. The Labute approximate surface area is 115 Å². The number of carbonyl (C=O) groups excluding carboxylic acids is 1. The van der Waals surface area contributed by atoms with Gasteiger partial charge in [0.2, 0.25) is 0 Å². The smallest absolute Gasteiger partial charge is 0.311 e. The Bertz CT molecular complexity index is 545. The fourth-order valence-electron chi connectivity index (χ4n) is 2.16. The summed E-state index contributed by atoms with van der Waals surface area (Å²) >= 11 is 5.80. The second-order valence-corrected chi connectivity index (χ2v) is 5.44. The van der Waals surface area contributed by atoms with Gasteiger partial charge in [-0.2, -0.15) is 0 Å². The first-order valence-electron chi connectivity index (χ1n) is 5.85. The highest BCUT2D eigenvalue weighted by molar-refractivity contribution is 6.31. The van der Waals surface area contributed by atoms with Crippen molar-refractivity contribution < 1.29 is 19.8 Å². The van der Waals surface area contributed by atoms with Crippen molar-refractivity contribution in [3.05, 3.63) is 28.8 Å². The molecule has 2 N–H and O–H groups in total. The van der Waals surface area contributed by atoms with Crippen molar-refractivity contribution in [2.45, 2.75) is 13.3 Å². The van der Waals surface area contributed by atoms with Crippen LogP contribution in [0, 0.1) is 5.41 Å². The third-order valence-corrected chi connectivity index (χ3v) is 3.70. The molecule has 1 amide bonds. The van der Waals surface area contributed by atoms with E-state index >= 15 is 0 Å². The van der Waals surface area contributed by atoms with Crippen molar-refractivity contribution in [1.82, 2.24) is 4.90 Å². The average Bonchev–Trinajstić information content (AvgIpc) is 2.76. The van der Waals surface area contributed by atoms with Crippen LogP contribution in [0.2, 0.25) is 5.02 Å². The Morgan fingerprint density at radius 3 is 2.68 bits per heavy atom. The molecule has 1 atom stereocenters. The number of aliphatic carboxylic acids is 1. The normalized spacial score (nSPS) is 22.5. The van der Waals surface area contributed by atoms with Gasteiger partial charge in [-0.05, 0) is 31.5 Å². The summed E-state index contributed by atoms with van der Waals surface area (Å²) in [5, 5.41) is 19.2. The standard InChI is InChI=1S/C13H14ClNO4/c1-13(12(18)19)4-5-15(7-13)11(17)9-6-8(14)2-3-10(9)16/h2-3,6,16H,4-5,7H2,1H3,(H,18,19). The van der Waals surface area contributed by atoms with E-state index in [1.165, 1.54) is 23.1 Å². The highest BCUT2D eigenvalue weighted by atomic mass is 35.5. The van der Waals surface area contributed by atoms with E-state index in [1.54, 1.807) is 6.92 Å². The van der Waals surface area contributed by atoms with Gasteiger partial charge in [-0.15, -0.1) is 0 Å². The molecule has 1 aliphatic heterocycles. The van der Waals surface area contributed by atoms with E-state index in [9.17, 15) is 14.7 Å². The number of phenols is 1. The molecule has 1 saturated heterocycles. The molecule has 1 aromatic rings. The number of aromatic hydroxyl groups is 1. The van der Waals surface area contributed by atoms with Crippen LogP contribution in [0.1, 0.15) is 23.7 Å². The fourth-order valence-corrected chi connectivity index (χ4v) is 2.33. The van der Waals surface area contributed by atoms with Gasteiger partial charge in [0.1, 0.15) is 5.75 Å². The lowest BCUT2D eigenvalue weighted by atomic mass is 9.90. The van der Waals surface area contributed by atoms with E-state index in [1.807, 2.05) is 0 Å². The maximum absolute atomic E-state index is 12.2. The third kappa shape index (κ3) is 2.51. The summed E-state index contributed by atoms with van der Waals surface area (Å²) in [6.07, 6.45) is 0.398. The Morgan fingerprint density at radius 2 is 2.11 bits per heavy atom. The molecular formula is C13H14ClNO4. The molecule has 6 heteroatoms. The van der Waals surface area contributed by atoms with Gasteiger partial charge in [0.25, 0.3) is 5.91 Å². The Hall–Kier alpha value is -1.75. The summed E-state index contributed by atoms with van der Waals surface area (Å²) in [7, 11) is 0. The van der Waals surface area contributed by atoms with Crippen molar-refractivity contribution in [2.24, 2.45) is 5.41 Å². The topological polar surface area (TPSA) is 77.8 Å². The number of benzene rings is 1. The maximum atomic E-state index is 12.2. The number of carbonyl (C=O) groups is 2. The van der Waals surface area contributed by atoms with Gasteiger partial charge in [-0.1, -0.05) is 11.6 Å². The summed E-state index contributed by atoms with van der Waals surface area (Å²) in [6, 6.07) is 4.22. The van der Waals surface area contributed by atoms with Crippen LogP contribution in [-0.4, -0.2) is 40.1 Å². The van der Waals surface area contributed by atoms with E-state index in [4.69, 9.17) is 16.7 Å². The van der Waals surface area contributed by atoms with Gasteiger partial charge in [0.15, 0.2) is 0 Å². The van der Waals surface area contributed by atoms with Crippen molar-refractivity contribution in [3.8, 4) is 5.75 Å². The molecule has 1 aromatic carbocycles. The highest BCUT2D eigenvalue weighted by Gasteiger charge is 2.42. The number of rotatable bonds is 2. The van der Waals surface area contributed by atoms with Gasteiger partial charge in [-0.25, -0.2) is 0 Å². The molecule has 19 heavy (non-hydrogen) atoms. The molecule has 5 nitrogen and oxygen atoms in total. The van der Waals surface area contributed by atoms with Gasteiger partial charge in [0.05, 0.1) is 11.0 Å². The van der Waals surface area contributed by atoms with E-state index in [-0.39, 0.29) is 17.9 Å². The predicted molar refractivity (Wildman–Crippen MR) is 69.4 cm³/mol. The first-order valence-corrected chi connectivity index (χ1v) is 6.22. The van der Waals surface area contributed by atoms with Gasteiger partial charge < -0.3 is 15.1 Å². The molecule has 0 aliphatic carbocycles. The third-order valence-electron chi connectivity index (χ3n) is 3.47. The van der Waals surface area contributed by atoms with Crippen molar-refractivity contribution >= 4 is 23.5 Å². The highest BCUT2D eigenvalue weighted by Crippen LogP contribution is 2.32. The maximum Gasteiger partial charge on any atom is 0.311 e. The minimum absolute atomic E-state index is 0.0992. The van der Waals surface area contributed by atoms with Crippen LogP contribution < -0.4 is 0 Å². The molecule has 2 rings (SSSR count). The molecule has 102 valence electrons. The Kier molecular flexibility index (Phi) is 3.41. The molecule has 1 unspecified atom stereocenters. The number of hydrogen-bond donors (Lipinski definition) is 2. The summed E-state index contributed by atoms with van der Waals surface area (Å²) in [6.45, 7) is 2.10. The molecular weight excluding hydrogens is 270 g/mol. The summed E-state index contributed by atoms with van der Waals surface area (Å²) in [4.78, 5) is 24.8. The molecule has 0 aromatic heterocycles. The number of phenolic OH excluding ortho intramolecular Hbond substituents is 1. The van der Waals surface area contributed by atoms with Crippen LogP contribution in [0.5, 0.6) is 5.75 Å². The minimum Gasteiger partial charge on any atom is -0.507 e. The number of likely N-dealkylation sites (tertiary alicyclic amines) is 1. The van der Waals surface area contributed by atoms with E-state index < -0.39 is 17.3 Å². The second kappa shape index (κ2) is 4.74. The predicted octanol–water partition coefficient (Wildman–Crippen LogP) is 1.98. The summed E-state index contributed by atoms with van der Waals surface area (Å²) in [5.41, 5.74) is -0.828. The SMILES string of the molecule is CC1(C(=O)O)CCN(C(=O)c2cc(Cl)ccc2O)C1. The number of carboxylic acids is 1. The van der Waals surface area contributed by atoms with Crippen molar-refractivity contribution in [1.29, 1.82) is 0 Å². The molecule has 0 spiro atoms. The van der Waals surface area contributed by atoms with Crippen LogP contribution in [0.4, 0.5) is 0 Å². The lowest BCUT2D eigenvalue weighted by Gasteiger charge is -2.20. The molecule has 0 radical (unpaired) electrons. The number of amides is 1. The van der Waals surface area contributed by atoms with Crippen molar-refractivity contribution in [2.75, 3.05) is 13.1 Å². The van der Waals surface area contributed by atoms with Gasteiger partial charge in [-0.3, -0.25) is 9.59 Å². The molecule has 1 aliphatic rings. The van der Waals surface area contributed by atoms with Crippen LogP contribution in [0.15, 0.2) is 18.2 Å². The number of carboxylic acid groups (broad SMARTS) is 1. The minimum atomic E-state index is -0.927. The average molecular weight is 284 g/mol. The lowest BCUT2D eigenvalue weighted by molar-refractivity contribution is -0.147. The Morgan fingerprint density at radius 1 is 1.42 bits per heavy atom. The van der Waals surface area contributed by atoms with Crippen LogP contribution in [0.25, 0.3) is 0 Å². The number of halogens is 1. The number of hydrogen-bond acceptors (Lipinski definition) is 3. The van der Waals surface area contributed by atoms with Gasteiger partial charge in [0, 0.05) is 18.1 Å². The fraction of sp³-hybridized carbons (Fsp3) is 0.385. The van der Waals surface area contributed by atoms with Crippen LogP contribution in [-0.2, 0) is 4.79 Å². The van der Waals surface area contributed by atoms with Crippen LogP contribution >= 0.6 is 11.6 Å². The largest absolute Gasteiger partial charge is 0.507 e. The van der Waals surface area contributed by atoms with Gasteiger partial charge >= 0.3 is 5.97 Å².